The van der Waals surface area contributed by atoms with Crippen LogP contribution in [0.2, 0.25) is 0 Å². The molecule has 0 radical (unpaired) electrons. The molecule has 0 spiro atoms. The zero-order valence-electron chi connectivity index (χ0n) is 15.1. The number of rotatable bonds is 3. The van der Waals surface area contributed by atoms with Crippen LogP contribution in [0.3, 0.4) is 0 Å². The van der Waals surface area contributed by atoms with Gasteiger partial charge in [-0.15, -0.1) is 0 Å². The topological polar surface area (TPSA) is 73.0 Å². The first-order valence-electron chi connectivity index (χ1n) is 7.41. The van der Waals surface area contributed by atoms with Gasteiger partial charge in [0.2, 0.25) is 12.7 Å². The first-order valence-corrected chi connectivity index (χ1v) is 8.50. The third-order valence-electron chi connectivity index (χ3n) is 2.92. The average Bonchev–Trinajstić information content (AvgIpc) is 3.09. The number of aryl methyl sites for hydroxylation is 2. The van der Waals surface area contributed by atoms with E-state index in [9.17, 15) is 9.79 Å². The summed E-state index contributed by atoms with van der Waals surface area (Å²) in [7, 11) is 2.56. The fraction of sp³-hybridized carbons (Fsp3) is 0.600. The summed E-state index contributed by atoms with van der Waals surface area (Å²) in [5.74, 6) is 0. The molecule has 2 rings (SSSR count). The van der Waals surface area contributed by atoms with Crippen LogP contribution in [0.1, 0.15) is 39.8 Å². The minimum atomic E-state index is -2.60. The molecule has 0 saturated heterocycles. The molecular weight excluding hydrogens is 315 g/mol. The van der Waals surface area contributed by atoms with Gasteiger partial charge in [-0.1, -0.05) is 0 Å². The molecule has 0 aliphatic rings. The number of hydrogen-bond donors (Lipinski definition) is 0. The minimum absolute atomic E-state index is 0.575. The van der Waals surface area contributed by atoms with E-state index in [2.05, 4.69) is 66.4 Å². The Bertz CT molecular complexity index is 494. The Kier molecular flexibility index (Phi) is 10.7. The molecule has 0 amide bonds. The van der Waals surface area contributed by atoms with Crippen molar-refractivity contribution in [2.75, 3.05) is 7.11 Å². The normalized spacial score (nSPS) is 10.4. The van der Waals surface area contributed by atoms with Gasteiger partial charge >= 0.3 is 0 Å². The van der Waals surface area contributed by atoms with Gasteiger partial charge in [0.05, 0.1) is 26.2 Å². The van der Waals surface area contributed by atoms with Crippen molar-refractivity contribution in [3.63, 3.8) is 0 Å². The highest BCUT2D eigenvalue weighted by atomic mass is 31.2. The van der Waals surface area contributed by atoms with Crippen LogP contribution < -0.4 is 18.9 Å². The fourth-order valence-corrected chi connectivity index (χ4v) is 1.55. The van der Waals surface area contributed by atoms with Crippen molar-refractivity contribution in [2.45, 2.75) is 39.8 Å². The monoisotopic (exact) mass is 344 g/mol. The summed E-state index contributed by atoms with van der Waals surface area (Å²) < 4.78 is 12.1. The van der Waals surface area contributed by atoms with Gasteiger partial charge in [0.15, 0.2) is 0 Å². The molecule has 23 heavy (non-hydrogen) atoms. The first-order chi connectivity index (χ1) is 10.7. The van der Waals surface area contributed by atoms with Gasteiger partial charge in [-0.05, 0) is 27.7 Å². The third-order valence-corrected chi connectivity index (χ3v) is 3.22. The molecule has 0 saturated carbocycles. The maximum Gasteiger partial charge on any atom is 0.243 e. The van der Waals surface area contributed by atoms with Crippen LogP contribution in [0.25, 0.3) is 0 Å². The Morgan fingerprint density at radius 3 is 1.26 bits per heavy atom. The van der Waals surface area contributed by atoms with Gasteiger partial charge in [-0.2, -0.15) is 8.60 Å². The molecule has 0 aromatic carbocycles. The Labute approximate surface area is 140 Å². The Morgan fingerprint density at radius 1 is 0.870 bits per heavy atom. The zero-order valence-corrected chi connectivity index (χ0v) is 16.0. The van der Waals surface area contributed by atoms with E-state index in [1.165, 1.54) is 0 Å². The Hall–Kier alpha value is -1.27. The van der Waals surface area contributed by atoms with Gasteiger partial charge in [0.25, 0.3) is 0 Å². The van der Waals surface area contributed by atoms with Gasteiger partial charge < -0.3 is 14.3 Å². The number of hydrogen-bond acceptors (Lipinski definition) is 3. The lowest BCUT2D eigenvalue weighted by molar-refractivity contribution is -0.671. The van der Waals surface area contributed by atoms with Gasteiger partial charge in [-0.25, -0.2) is 18.3 Å². The minimum Gasteiger partial charge on any atom is -0.820 e. The number of nitrogens with zero attached hydrogens (tertiary/aromatic N) is 4. The smallest absolute Gasteiger partial charge is 0.243 e. The van der Waals surface area contributed by atoms with E-state index in [1.807, 2.05) is 35.6 Å². The Morgan fingerprint density at radius 2 is 1.17 bits per heavy atom. The van der Waals surface area contributed by atoms with Crippen molar-refractivity contribution in [1.82, 2.24) is 9.13 Å². The second-order valence-electron chi connectivity index (χ2n) is 5.65. The highest BCUT2D eigenvalue weighted by Crippen LogP contribution is 2.07. The molecule has 132 valence electrons. The SMILES string of the molecule is CC(C)n1cc[n+](C)c1.CC(C)n1cc[n+](C)c1.COP([O-])[O-]. The zero-order chi connectivity index (χ0) is 18.0. The molecule has 2 aromatic rings. The molecule has 0 atom stereocenters. The molecule has 7 nitrogen and oxygen atoms in total. The molecule has 0 unspecified atom stereocenters. The largest absolute Gasteiger partial charge is 0.820 e. The van der Waals surface area contributed by atoms with Crippen molar-refractivity contribution in [1.29, 1.82) is 0 Å². The summed E-state index contributed by atoms with van der Waals surface area (Å²) in [5, 5.41) is 0. The molecule has 0 bridgehead atoms. The van der Waals surface area contributed by atoms with E-state index >= 15 is 0 Å². The van der Waals surface area contributed by atoms with E-state index in [4.69, 9.17) is 0 Å². The molecule has 0 N–H and O–H groups in total. The second-order valence-corrected chi connectivity index (χ2v) is 6.46. The molecule has 2 heterocycles. The van der Waals surface area contributed by atoms with Crippen LogP contribution in [0.4, 0.5) is 0 Å². The molecule has 2 aromatic heterocycles. The summed E-state index contributed by atoms with van der Waals surface area (Å²) >= 11 is 0. The van der Waals surface area contributed by atoms with Crippen molar-refractivity contribution in [2.24, 2.45) is 14.1 Å². The summed E-state index contributed by atoms with van der Waals surface area (Å²) in [6.45, 7) is 8.67. The molecule has 0 aliphatic heterocycles. The lowest BCUT2D eigenvalue weighted by Crippen LogP contribution is -2.23. The van der Waals surface area contributed by atoms with Gasteiger partial charge in [0, 0.05) is 7.11 Å². The van der Waals surface area contributed by atoms with E-state index in [1.54, 1.807) is 0 Å². The summed E-state index contributed by atoms with van der Waals surface area (Å²) in [4.78, 5) is 18.4. The van der Waals surface area contributed by atoms with Crippen LogP contribution >= 0.6 is 8.60 Å². The van der Waals surface area contributed by atoms with Crippen molar-refractivity contribution in [3.05, 3.63) is 37.4 Å². The van der Waals surface area contributed by atoms with Crippen LogP contribution in [-0.2, 0) is 18.6 Å². The van der Waals surface area contributed by atoms with Crippen LogP contribution in [0, 0.1) is 0 Å². The Balaban J connectivity index is 0.000000332. The van der Waals surface area contributed by atoms with Crippen LogP contribution in [-0.4, -0.2) is 16.2 Å². The van der Waals surface area contributed by atoms with Gasteiger partial charge in [0.1, 0.15) is 24.8 Å². The summed E-state index contributed by atoms with van der Waals surface area (Å²) in [5.41, 5.74) is 0. The number of imidazole rings is 2. The van der Waals surface area contributed by atoms with Crippen molar-refractivity contribution in [3.8, 4) is 0 Å². The molecule has 0 aliphatic carbocycles. The molecule has 0 fully saturated rings. The first kappa shape index (κ1) is 21.7. The quantitative estimate of drug-likeness (QED) is 0.596. The van der Waals surface area contributed by atoms with E-state index in [-0.39, 0.29) is 0 Å². The second kappa shape index (κ2) is 11.3. The van der Waals surface area contributed by atoms with Crippen LogP contribution in [0.15, 0.2) is 37.4 Å². The van der Waals surface area contributed by atoms with E-state index in [0.717, 1.165) is 7.11 Å². The van der Waals surface area contributed by atoms with Crippen LogP contribution in [0.5, 0.6) is 0 Å². The maximum absolute atomic E-state index is 9.18. The predicted octanol–water partition coefficient (Wildman–Crippen LogP) is 0.367. The number of aromatic nitrogens is 4. The summed E-state index contributed by atoms with van der Waals surface area (Å²) in [6.07, 6.45) is 12.4. The molecule has 8 heteroatoms. The van der Waals surface area contributed by atoms with Crippen molar-refractivity contribution < 1.29 is 23.4 Å². The standard InChI is InChI=1S/2C7H13N2.CH3O3P/c2*1-7(2)9-5-4-8(3)6-9;1-4-5(2)3/h2*4-7H,1-3H3;1H3/q2*+1;-2. The van der Waals surface area contributed by atoms with E-state index < -0.39 is 8.60 Å². The third kappa shape index (κ3) is 10.2. The van der Waals surface area contributed by atoms with E-state index in [0.29, 0.717) is 12.1 Å². The van der Waals surface area contributed by atoms with Crippen molar-refractivity contribution >= 4 is 8.60 Å². The highest BCUT2D eigenvalue weighted by Gasteiger charge is 2.02. The summed E-state index contributed by atoms with van der Waals surface area (Å²) in [6, 6.07) is 1.15. The highest BCUT2D eigenvalue weighted by molar-refractivity contribution is 7.36. The fourth-order valence-electron chi connectivity index (χ4n) is 1.55. The maximum atomic E-state index is 9.18. The van der Waals surface area contributed by atoms with Gasteiger partial charge in [-0.3, -0.25) is 0 Å². The predicted molar refractivity (Wildman–Crippen MR) is 85.9 cm³/mol. The average molecular weight is 344 g/mol. The lowest BCUT2D eigenvalue weighted by atomic mass is 10.4. The lowest BCUT2D eigenvalue weighted by Gasteiger charge is -2.25. The molecular formula is C15H29N4O3P.